The molecule has 0 atom stereocenters. The molecule has 0 aliphatic rings. The molecule has 29 heavy (non-hydrogen) atoms. The first-order valence-electron chi connectivity index (χ1n) is 8.57. The van der Waals surface area contributed by atoms with E-state index in [4.69, 9.17) is 33.5 Å². The molecule has 0 aliphatic carbocycles. The van der Waals surface area contributed by atoms with Crippen LogP contribution in [0.25, 0.3) is 0 Å². The summed E-state index contributed by atoms with van der Waals surface area (Å²) >= 11 is 6.42. The molecule has 0 radical (unpaired) electrons. The molecule has 0 saturated heterocycles. The van der Waals surface area contributed by atoms with Gasteiger partial charge in [-0.25, -0.2) is 4.99 Å². The summed E-state index contributed by atoms with van der Waals surface area (Å²) in [5.74, 6) is 0.476. The second-order valence-electron chi connectivity index (χ2n) is 5.92. The number of hydrogen-bond acceptors (Lipinski definition) is 6. The van der Waals surface area contributed by atoms with Crippen molar-refractivity contribution in [2.75, 3.05) is 7.11 Å². The highest BCUT2D eigenvalue weighted by atomic mass is 35.5. The van der Waals surface area contributed by atoms with Gasteiger partial charge in [-0.2, -0.15) is 5.26 Å². The summed E-state index contributed by atoms with van der Waals surface area (Å²) in [7, 11) is 1.50. The van der Waals surface area contributed by atoms with Gasteiger partial charge in [-0.15, -0.1) is 0 Å². The van der Waals surface area contributed by atoms with Crippen molar-refractivity contribution in [3.8, 4) is 6.07 Å². The van der Waals surface area contributed by atoms with Crippen molar-refractivity contribution in [2.45, 2.75) is 34.4 Å². The highest BCUT2D eigenvalue weighted by Gasteiger charge is 2.16. The molecule has 0 heterocycles. The maximum absolute atomic E-state index is 9.52. The molecular formula is C22H30ClN5O. The molecule has 0 bridgehead atoms. The van der Waals surface area contributed by atoms with E-state index in [-0.39, 0.29) is 7.43 Å². The quantitative estimate of drug-likeness (QED) is 0.203. The van der Waals surface area contributed by atoms with Gasteiger partial charge < -0.3 is 21.9 Å². The van der Waals surface area contributed by atoms with E-state index in [0.717, 1.165) is 0 Å². The minimum atomic E-state index is -0.874. The first-order valence-corrected chi connectivity index (χ1v) is 8.95. The molecule has 0 amide bonds. The molecule has 6 nitrogen and oxygen atoms in total. The highest BCUT2D eigenvalue weighted by Crippen LogP contribution is 2.24. The van der Waals surface area contributed by atoms with Gasteiger partial charge >= 0.3 is 0 Å². The van der Waals surface area contributed by atoms with E-state index in [9.17, 15) is 5.26 Å². The zero-order chi connectivity index (χ0) is 21.3. The van der Waals surface area contributed by atoms with Crippen LogP contribution in [0.4, 0.5) is 0 Å². The molecule has 0 saturated carbocycles. The number of hydrogen-bond donors (Lipinski definition) is 3. The van der Waals surface area contributed by atoms with Crippen LogP contribution < -0.4 is 17.2 Å². The van der Waals surface area contributed by atoms with Gasteiger partial charge in [0.05, 0.1) is 30.3 Å². The zero-order valence-electron chi connectivity index (χ0n) is 16.5. The van der Waals surface area contributed by atoms with Crippen molar-refractivity contribution in [2.24, 2.45) is 22.2 Å². The molecule has 0 spiro atoms. The zero-order valence-corrected chi connectivity index (χ0v) is 17.3. The predicted octanol–water partition coefficient (Wildman–Crippen LogP) is 4.15. The van der Waals surface area contributed by atoms with Gasteiger partial charge in [0.1, 0.15) is 11.8 Å². The molecule has 1 aromatic carbocycles. The number of rotatable bonds is 7. The minimum absolute atomic E-state index is 0. The van der Waals surface area contributed by atoms with Crippen LogP contribution in [0.3, 0.4) is 0 Å². The van der Waals surface area contributed by atoms with Crippen LogP contribution in [0.1, 0.15) is 33.8 Å². The van der Waals surface area contributed by atoms with Crippen molar-refractivity contribution >= 4 is 17.3 Å². The number of nitrogens with zero attached hydrogens (tertiary/aromatic N) is 2. The lowest BCUT2D eigenvalue weighted by atomic mass is 9.98. The fourth-order valence-electron chi connectivity index (χ4n) is 2.33. The van der Waals surface area contributed by atoms with Gasteiger partial charge in [-0.05, 0) is 32.9 Å². The Labute approximate surface area is 178 Å². The van der Waals surface area contributed by atoms with Gasteiger partial charge in [0, 0.05) is 21.9 Å². The van der Waals surface area contributed by atoms with Crippen molar-refractivity contribution in [1.82, 2.24) is 0 Å². The summed E-state index contributed by atoms with van der Waals surface area (Å²) in [6.45, 7) is 5.24. The number of aliphatic imine (C=N–C) groups is 1. The van der Waals surface area contributed by atoms with Crippen molar-refractivity contribution < 1.29 is 4.74 Å². The molecule has 0 aliphatic heterocycles. The van der Waals surface area contributed by atoms with Gasteiger partial charge in [-0.3, -0.25) is 0 Å². The Morgan fingerprint density at radius 2 is 1.90 bits per heavy atom. The fraction of sp³-hybridized carbons (Fsp3) is 0.273. The third-order valence-electron chi connectivity index (χ3n) is 3.81. The van der Waals surface area contributed by atoms with E-state index in [2.05, 4.69) is 11.1 Å². The predicted molar refractivity (Wildman–Crippen MR) is 122 cm³/mol. The molecule has 0 unspecified atom stereocenters. The Morgan fingerprint density at radius 3 is 2.34 bits per heavy atom. The maximum atomic E-state index is 9.52. The van der Waals surface area contributed by atoms with Gasteiger partial charge in [-0.1, -0.05) is 49.4 Å². The number of ether oxygens (including phenoxy) is 1. The third-order valence-corrected chi connectivity index (χ3v) is 4.14. The number of methoxy groups -OCH3 is 1. The number of allylic oxidation sites excluding steroid dienone is 7. The fourth-order valence-corrected chi connectivity index (χ4v) is 2.56. The molecule has 1 rings (SSSR count). The standard InChI is InChI=1S/C21H26ClN5O.CH4/c1-5-8-15(11-16(12-23)14(3)28-4)20(17-9-6-7-10-18(17)22)27-19(13(2)24)21(25)26;/h5-11,21H,24-26H2,1-4H3;1H4/b8-5-,15-11+,16-14-,19-13+,27-20+;. The van der Waals surface area contributed by atoms with Gasteiger partial charge in [0.2, 0.25) is 0 Å². The smallest absolute Gasteiger partial charge is 0.110 e. The summed E-state index contributed by atoms with van der Waals surface area (Å²) in [4.78, 5) is 4.64. The van der Waals surface area contributed by atoms with Gasteiger partial charge in [0.25, 0.3) is 0 Å². The largest absolute Gasteiger partial charge is 0.500 e. The van der Waals surface area contributed by atoms with Crippen molar-refractivity contribution in [3.63, 3.8) is 0 Å². The molecule has 7 heteroatoms. The van der Waals surface area contributed by atoms with Crippen LogP contribution in [0, 0.1) is 11.3 Å². The first kappa shape index (κ1) is 26.1. The van der Waals surface area contributed by atoms with E-state index < -0.39 is 6.17 Å². The lowest BCUT2D eigenvalue weighted by Gasteiger charge is -2.15. The van der Waals surface area contributed by atoms with Crippen LogP contribution in [0.2, 0.25) is 5.02 Å². The van der Waals surface area contributed by atoms with E-state index >= 15 is 0 Å². The average Bonchev–Trinajstić information content (AvgIpc) is 2.65. The SMILES string of the molecule is C.C\C=C/C(=C\C(C#N)=C(/C)OC)C(=N\C(=C(/C)N)C(N)N)/c1ccccc1Cl. The van der Waals surface area contributed by atoms with Gasteiger partial charge in [0.15, 0.2) is 0 Å². The summed E-state index contributed by atoms with van der Waals surface area (Å²) < 4.78 is 5.20. The lowest BCUT2D eigenvalue weighted by molar-refractivity contribution is 0.291. The molecule has 0 fully saturated rings. The Morgan fingerprint density at radius 1 is 1.28 bits per heavy atom. The van der Waals surface area contributed by atoms with Crippen LogP contribution >= 0.6 is 11.6 Å². The summed E-state index contributed by atoms with van der Waals surface area (Å²) in [5.41, 5.74) is 20.5. The van der Waals surface area contributed by atoms with Crippen LogP contribution in [-0.2, 0) is 4.74 Å². The number of benzene rings is 1. The molecule has 1 aromatic rings. The number of halogens is 1. The van der Waals surface area contributed by atoms with E-state index in [1.54, 1.807) is 26.0 Å². The van der Waals surface area contributed by atoms with E-state index in [0.29, 0.717) is 44.6 Å². The number of nitrogens with two attached hydrogens (primary N) is 3. The molecular weight excluding hydrogens is 386 g/mol. The Balaban J connectivity index is 0.00000784. The summed E-state index contributed by atoms with van der Waals surface area (Å²) in [6.07, 6.45) is 4.44. The normalized spacial score (nSPS) is 14.2. The van der Waals surface area contributed by atoms with Crippen molar-refractivity contribution in [1.29, 1.82) is 5.26 Å². The van der Waals surface area contributed by atoms with Crippen LogP contribution in [0.5, 0.6) is 0 Å². The molecule has 0 aromatic heterocycles. The van der Waals surface area contributed by atoms with Crippen LogP contribution in [-0.4, -0.2) is 19.0 Å². The van der Waals surface area contributed by atoms with Crippen LogP contribution in [0.15, 0.2) is 75.8 Å². The first-order chi connectivity index (χ1) is 13.3. The number of nitriles is 1. The second kappa shape index (κ2) is 12.6. The Hall–Kier alpha value is -2.85. The molecule has 156 valence electrons. The monoisotopic (exact) mass is 415 g/mol. The van der Waals surface area contributed by atoms with E-state index in [1.807, 2.05) is 37.3 Å². The average molecular weight is 416 g/mol. The Bertz CT molecular complexity index is 898. The minimum Gasteiger partial charge on any atom is -0.500 e. The summed E-state index contributed by atoms with van der Waals surface area (Å²) in [5, 5.41) is 10.0. The van der Waals surface area contributed by atoms with E-state index in [1.165, 1.54) is 7.11 Å². The maximum Gasteiger partial charge on any atom is 0.110 e. The summed E-state index contributed by atoms with van der Waals surface area (Å²) in [6, 6.07) is 9.36. The second-order valence-corrected chi connectivity index (χ2v) is 6.33. The molecule has 6 N–H and O–H groups in total. The lowest BCUT2D eigenvalue weighted by Crippen LogP contribution is -2.34. The van der Waals surface area contributed by atoms with Crippen molar-refractivity contribution in [3.05, 3.63) is 81.4 Å². The highest BCUT2D eigenvalue weighted by molar-refractivity contribution is 6.35. The topological polar surface area (TPSA) is 123 Å². The third kappa shape index (κ3) is 7.24. The Kier molecular flexibility index (Phi) is 11.3.